The Morgan fingerprint density at radius 1 is 1.17 bits per heavy atom. The largest absolute Gasteiger partial charge is 0.339 e. The lowest BCUT2D eigenvalue weighted by Crippen LogP contribution is -2.52. The Labute approximate surface area is 145 Å². The van der Waals surface area contributed by atoms with Gasteiger partial charge < -0.3 is 4.90 Å². The van der Waals surface area contributed by atoms with Crippen LogP contribution in [-0.4, -0.2) is 70.9 Å². The maximum Gasteiger partial charge on any atom is 0.236 e. The first kappa shape index (κ1) is 17.4. The van der Waals surface area contributed by atoms with Crippen molar-refractivity contribution < 1.29 is 4.79 Å². The molecule has 0 spiro atoms. The highest BCUT2D eigenvalue weighted by Crippen LogP contribution is 2.21. The van der Waals surface area contributed by atoms with Crippen molar-refractivity contribution in [3.63, 3.8) is 0 Å². The van der Waals surface area contributed by atoms with Crippen LogP contribution in [-0.2, 0) is 4.79 Å². The van der Waals surface area contributed by atoms with Crippen LogP contribution in [0.4, 0.5) is 0 Å². The maximum atomic E-state index is 12.6. The second-order valence-corrected chi connectivity index (χ2v) is 7.20. The normalized spacial score (nSPS) is 24.8. The third-order valence-electron chi connectivity index (χ3n) is 5.63. The average Bonchev–Trinajstić information content (AvgIpc) is 2.63. The Balaban J connectivity index is 1.47. The van der Waals surface area contributed by atoms with Gasteiger partial charge in [-0.2, -0.15) is 0 Å². The van der Waals surface area contributed by atoms with E-state index in [9.17, 15) is 4.79 Å². The summed E-state index contributed by atoms with van der Waals surface area (Å²) in [5.41, 5.74) is 1.32. The van der Waals surface area contributed by atoms with E-state index in [1.165, 1.54) is 12.0 Å². The second-order valence-electron chi connectivity index (χ2n) is 7.20. The number of hydrogen-bond acceptors (Lipinski definition) is 4. The van der Waals surface area contributed by atoms with Gasteiger partial charge in [0.2, 0.25) is 5.91 Å². The summed E-state index contributed by atoms with van der Waals surface area (Å²) in [4.78, 5) is 23.6. The van der Waals surface area contributed by atoms with E-state index in [-0.39, 0.29) is 0 Å². The number of amides is 1. The van der Waals surface area contributed by atoms with Gasteiger partial charge in [-0.25, -0.2) is 0 Å². The van der Waals surface area contributed by atoms with E-state index >= 15 is 0 Å². The predicted molar refractivity (Wildman–Crippen MR) is 95.7 cm³/mol. The van der Waals surface area contributed by atoms with Crippen molar-refractivity contribution in [3.8, 4) is 0 Å². The van der Waals surface area contributed by atoms with E-state index in [2.05, 4.69) is 45.7 Å². The zero-order chi connectivity index (χ0) is 16.9. The summed E-state index contributed by atoms with van der Waals surface area (Å²) >= 11 is 0. The molecule has 2 saturated heterocycles. The van der Waals surface area contributed by atoms with Crippen LogP contribution in [0.15, 0.2) is 24.5 Å². The molecule has 3 rings (SSSR count). The third-order valence-corrected chi connectivity index (χ3v) is 5.63. The molecular weight excluding hydrogens is 300 g/mol. The molecule has 0 saturated carbocycles. The van der Waals surface area contributed by atoms with Crippen molar-refractivity contribution in [2.75, 3.05) is 39.3 Å². The maximum absolute atomic E-state index is 12.6. The molecule has 2 fully saturated rings. The van der Waals surface area contributed by atoms with Gasteiger partial charge in [-0.15, -0.1) is 0 Å². The molecule has 2 aliphatic heterocycles. The van der Waals surface area contributed by atoms with Crippen molar-refractivity contribution in [1.29, 1.82) is 0 Å². The van der Waals surface area contributed by atoms with Crippen LogP contribution in [0.3, 0.4) is 0 Å². The molecule has 0 N–H and O–H groups in total. The molecule has 5 nitrogen and oxygen atoms in total. The lowest BCUT2D eigenvalue weighted by atomic mass is 10.0. The summed E-state index contributed by atoms with van der Waals surface area (Å²) in [6, 6.07) is 5.02. The molecule has 1 amide bonds. The van der Waals surface area contributed by atoms with E-state index in [4.69, 9.17) is 0 Å². The molecule has 0 unspecified atom stereocenters. The third kappa shape index (κ3) is 4.14. The highest BCUT2D eigenvalue weighted by molar-refractivity contribution is 5.78. The molecule has 5 heteroatoms. The van der Waals surface area contributed by atoms with Gasteiger partial charge in [-0.3, -0.25) is 19.6 Å². The van der Waals surface area contributed by atoms with Gasteiger partial charge >= 0.3 is 0 Å². The summed E-state index contributed by atoms with van der Waals surface area (Å²) in [7, 11) is 0. The molecule has 24 heavy (non-hydrogen) atoms. The van der Waals surface area contributed by atoms with Crippen LogP contribution in [0.5, 0.6) is 0 Å². The van der Waals surface area contributed by atoms with Gasteiger partial charge in [-0.05, 0) is 50.8 Å². The number of piperazine rings is 1. The molecule has 0 radical (unpaired) electrons. The Morgan fingerprint density at radius 2 is 1.88 bits per heavy atom. The Morgan fingerprint density at radius 3 is 2.54 bits per heavy atom. The van der Waals surface area contributed by atoms with Crippen molar-refractivity contribution in [2.24, 2.45) is 0 Å². The summed E-state index contributed by atoms with van der Waals surface area (Å²) < 4.78 is 0. The van der Waals surface area contributed by atoms with Crippen LogP contribution < -0.4 is 0 Å². The number of carbonyl (C=O) groups excluding carboxylic acids is 1. The summed E-state index contributed by atoms with van der Waals surface area (Å²) in [6.07, 6.45) is 7.30. The van der Waals surface area contributed by atoms with Gasteiger partial charge in [0.25, 0.3) is 0 Å². The van der Waals surface area contributed by atoms with Gasteiger partial charge in [0.05, 0.1) is 6.54 Å². The van der Waals surface area contributed by atoms with Gasteiger partial charge in [-0.1, -0.05) is 0 Å². The number of piperidine rings is 1. The van der Waals surface area contributed by atoms with E-state index in [1.54, 1.807) is 0 Å². The highest BCUT2D eigenvalue weighted by atomic mass is 16.2. The number of hydrogen-bond donors (Lipinski definition) is 0. The fourth-order valence-electron chi connectivity index (χ4n) is 3.91. The lowest BCUT2D eigenvalue weighted by Gasteiger charge is -2.39. The molecular formula is C19H30N4O. The molecule has 132 valence electrons. The zero-order valence-corrected chi connectivity index (χ0v) is 15.0. The van der Waals surface area contributed by atoms with Crippen LogP contribution in [0, 0.1) is 0 Å². The first-order valence-corrected chi connectivity index (χ1v) is 9.31. The second kappa shape index (κ2) is 8.08. The first-order valence-electron chi connectivity index (χ1n) is 9.31. The molecule has 2 aliphatic rings. The van der Waals surface area contributed by atoms with Crippen LogP contribution >= 0.6 is 0 Å². The van der Waals surface area contributed by atoms with E-state index in [1.807, 2.05) is 12.4 Å². The van der Waals surface area contributed by atoms with Gasteiger partial charge in [0.1, 0.15) is 0 Å². The molecule has 1 aromatic rings. The van der Waals surface area contributed by atoms with Crippen LogP contribution in [0.2, 0.25) is 0 Å². The number of nitrogens with zero attached hydrogens (tertiary/aromatic N) is 4. The molecule has 3 heterocycles. The summed E-state index contributed by atoms with van der Waals surface area (Å²) in [5, 5.41) is 0. The zero-order valence-electron chi connectivity index (χ0n) is 15.0. The number of rotatable bonds is 4. The molecule has 0 bridgehead atoms. The highest BCUT2D eigenvalue weighted by Gasteiger charge is 2.27. The van der Waals surface area contributed by atoms with E-state index in [0.29, 0.717) is 24.5 Å². The number of pyridine rings is 1. The van der Waals surface area contributed by atoms with Crippen LogP contribution in [0.1, 0.15) is 44.7 Å². The van der Waals surface area contributed by atoms with Crippen LogP contribution in [0.25, 0.3) is 0 Å². The minimum Gasteiger partial charge on any atom is -0.339 e. The molecule has 0 aromatic carbocycles. The van der Waals surface area contributed by atoms with Crippen molar-refractivity contribution in [1.82, 2.24) is 19.7 Å². The smallest absolute Gasteiger partial charge is 0.236 e. The van der Waals surface area contributed by atoms with Crippen molar-refractivity contribution in [2.45, 2.75) is 45.2 Å². The minimum atomic E-state index is 0.317. The fourth-order valence-corrected chi connectivity index (χ4v) is 3.91. The van der Waals surface area contributed by atoms with E-state index in [0.717, 1.165) is 45.6 Å². The van der Waals surface area contributed by atoms with Crippen molar-refractivity contribution >= 4 is 5.91 Å². The predicted octanol–water partition coefficient (Wildman–Crippen LogP) is 2.16. The topological polar surface area (TPSA) is 39.7 Å². The molecule has 0 aliphatic carbocycles. The number of carbonyl (C=O) groups is 1. The number of aromatic nitrogens is 1. The minimum absolute atomic E-state index is 0.317. The quantitative estimate of drug-likeness (QED) is 0.848. The Kier molecular flexibility index (Phi) is 5.85. The van der Waals surface area contributed by atoms with Gasteiger partial charge in [0.15, 0.2) is 0 Å². The summed E-state index contributed by atoms with van der Waals surface area (Å²) in [5.74, 6) is 0.317. The van der Waals surface area contributed by atoms with Gasteiger partial charge in [0, 0.05) is 57.2 Å². The van der Waals surface area contributed by atoms with E-state index < -0.39 is 0 Å². The number of likely N-dealkylation sites (tertiary alicyclic amines) is 1. The SMILES string of the molecule is C[C@H](c1ccncc1)N1CCN(CC(=O)N2CCCC[C@H]2C)CC1. The lowest BCUT2D eigenvalue weighted by molar-refractivity contribution is -0.136. The standard InChI is InChI=1S/C19H30N4O/c1-16-5-3-4-10-23(16)19(24)15-21-11-13-22(14-12-21)17(2)18-6-8-20-9-7-18/h6-9,16-17H,3-5,10-15H2,1-2H3/t16-,17-/m1/s1. The fraction of sp³-hybridized carbons (Fsp3) is 0.684. The Bertz CT molecular complexity index is 527. The van der Waals surface area contributed by atoms with Crippen molar-refractivity contribution in [3.05, 3.63) is 30.1 Å². The summed E-state index contributed by atoms with van der Waals surface area (Å²) in [6.45, 7) is 9.96. The Hall–Kier alpha value is -1.46. The average molecular weight is 330 g/mol. The monoisotopic (exact) mass is 330 g/mol. The first-order chi connectivity index (χ1) is 11.6. The molecule has 2 atom stereocenters. The molecule has 1 aromatic heterocycles.